The molecule has 1 fully saturated rings. The number of hydrogen-bond acceptors (Lipinski definition) is 0. The summed E-state index contributed by atoms with van der Waals surface area (Å²) < 4.78 is 0. The van der Waals surface area contributed by atoms with Gasteiger partial charge in [-0.3, -0.25) is 0 Å². The van der Waals surface area contributed by atoms with Crippen LogP contribution in [0.2, 0.25) is 0 Å². The molecule has 0 saturated heterocycles. The summed E-state index contributed by atoms with van der Waals surface area (Å²) in [6.45, 7) is 7.12. The fourth-order valence-electron chi connectivity index (χ4n) is 3.38. The van der Waals surface area contributed by atoms with Crippen molar-refractivity contribution >= 4 is 15.9 Å². The second-order valence-corrected chi connectivity index (χ2v) is 7.66. The van der Waals surface area contributed by atoms with Gasteiger partial charge in [0.2, 0.25) is 0 Å². The van der Waals surface area contributed by atoms with Crippen molar-refractivity contribution in [3.63, 3.8) is 0 Å². The van der Waals surface area contributed by atoms with Crippen molar-refractivity contribution in [2.24, 2.45) is 11.3 Å². The Morgan fingerprint density at radius 1 is 1.28 bits per heavy atom. The van der Waals surface area contributed by atoms with Gasteiger partial charge >= 0.3 is 0 Å². The average molecular weight is 309 g/mol. The lowest BCUT2D eigenvalue weighted by Crippen LogP contribution is -2.35. The van der Waals surface area contributed by atoms with E-state index in [1.807, 2.05) is 0 Å². The summed E-state index contributed by atoms with van der Waals surface area (Å²) in [5.74, 6) is 0.811. The van der Waals surface area contributed by atoms with Crippen LogP contribution in [0.15, 0.2) is 24.3 Å². The molecule has 0 spiro atoms. The SMILES string of the molecule is Cc1ccccc1CC(Br)C1CCCCC1(C)C. The van der Waals surface area contributed by atoms with Crippen LogP contribution in [-0.4, -0.2) is 4.83 Å². The van der Waals surface area contributed by atoms with E-state index in [9.17, 15) is 0 Å². The van der Waals surface area contributed by atoms with E-state index in [2.05, 4.69) is 61.0 Å². The lowest BCUT2D eigenvalue weighted by atomic mass is 9.67. The number of halogens is 1. The molecule has 1 heteroatoms. The summed E-state index contributed by atoms with van der Waals surface area (Å²) in [5, 5.41) is 0. The van der Waals surface area contributed by atoms with Gasteiger partial charge in [0.25, 0.3) is 0 Å². The minimum Gasteiger partial charge on any atom is -0.0884 e. The van der Waals surface area contributed by atoms with Crippen molar-refractivity contribution in [1.29, 1.82) is 0 Å². The highest BCUT2D eigenvalue weighted by Gasteiger charge is 2.36. The summed E-state index contributed by atoms with van der Waals surface area (Å²) in [5.41, 5.74) is 3.42. The Kier molecular flexibility index (Phi) is 4.53. The summed E-state index contributed by atoms with van der Waals surface area (Å²) in [6, 6.07) is 8.79. The van der Waals surface area contributed by atoms with Crippen LogP contribution in [0.4, 0.5) is 0 Å². The Labute approximate surface area is 120 Å². The van der Waals surface area contributed by atoms with Crippen molar-refractivity contribution in [3.05, 3.63) is 35.4 Å². The van der Waals surface area contributed by atoms with Crippen LogP contribution < -0.4 is 0 Å². The standard InChI is InChI=1S/C17H25Br/c1-13-8-4-5-9-14(13)12-16(18)15-10-6-7-11-17(15,2)3/h4-5,8-9,15-16H,6-7,10-12H2,1-3H3. The molecule has 18 heavy (non-hydrogen) atoms. The molecule has 1 aromatic rings. The number of benzene rings is 1. The van der Waals surface area contributed by atoms with Crippen LogP contribution in [0.25, 0.3) is 0 Å². The smallest absolute Gasteiger partial charge is 0.0219 e. The summed E-state index contributed by atoms with van der Waals surface area (Å²) in [7, 11) is 0. The van der Waals surface area contributed by atoms with Crippen molar-refractivity contribution in [3.8, 4) is 0 Å². The zero-order chi connectivity index (χ0) is 13.2. The van der Waals surface area contributed by atoms with Crippen molar-refractivity contribution < 1.29 is 0 Å². The van der Waals surface area contributed by atoms with Gasteiger partial charge in [-0.25, -0.2) is 0 Å². The molecule has 0 amide bonds. The van der Waals surface area contributed by atoms with Gasteiger partial charge in [0.1, 0.15) is 0 Å². The van der Waals surface area contributed by atoms with E-state index in [0.717, 1.165) is 5.92 Å². The molecule has 1 aliphatic rings. The first-order chi connectivity index (χ1) is 8.50. The molecule has 0 N–H and O–H groups in total. The molecular weight excluding hydrogens is 284 g/mol. The second kappa shape index (κ2) is 5.77. The monoisotopic (exact) mass is 308 g/mol. The van der Waals surface area contributed by atoms with Crippen molar-refractivity contribution in [1.82, 2.24) is 0 Å². The van der Waals surface area contributed by atoms with Crippen LogP contribution in [0.5, 0.6) is 0 Å². The van der Waals surface area contributed by atoms with Gasteiger partial charge in [-0.05, 0) is 48.6 Å². The lowest BCUT2D eigenvalue weighted by Gasteiger charge is -2.41. The van der Waals surface area contributed by atoms with Crippen molar-refractivity contribution in [2.75, 3.05) is 0 Å². The molecule has 0 aromatic heterocycles. The van der Waals surface area contributed by atoms with E-state index in [4.69, 9.17) is 0 Å². The molecule has 100 valence electrons. The maximum atomic E-state index is 3.99. The molecular formula is C17H25Br. The van der Waals surface area contributed by atoms with E-state index in [1.54, 1.807) is 0 Å². The van der Waals surface area contributed by atoms with Crippen LogP contribution in [0.3, 0.4) is 0 Å². The highest BCUT2D eigenvalue weighted by atomic mass is 79.9. The Morgan fingerprint density at radius 3 is 2.67 bits per heavy atom. The fraction of sp³-hybridized carbons (Fsp3) is 0.647. The predicted molar refractivity (Wildman–Crippen MR) is 83.3 cm³/mol. The maximum Gasteiger partial charge on any atom is 0.0219 e. The molecule has 2 rings (SSSR count). The van der Waals surface area contributed by atoms with Crippen LogP contribution in [0.1, 0.15) is 50.7 Å². The quantitative estimate of drug-likeness (QED) is 0.645. The third-order valence-electron chi connectivity index (χ3n) is 4.70. The number of alkyl halides is 1. The molecule has 2 atom stereocenters. The number of rotatable bonds is 3. The fourth-order valence-corrected chi connectivity index (χ4v) is 4.71. The van der Waals surface area contributed by atoms with Gasteiger partial charge in [0.05, 0.1) is 0 Å². The van der Waals surface area contributed by atoms with Gasteiger partial charge in [0.15, 0.2) is 0 Å². The van der Waals surface area contributed by atoms with Gasteiger partial charge < -0.3 is 0 Å². The summed E-state index contributed by atoms with van der Waals surface area (Å²) in [4.78, 5) is 0.619. The average Bonchev–Trinajstić information content (AvgIpc) is 2.31. The largest absolute Gasteiger partial charge is 0.0884 e. The van der Waals surface area contributed by atoms with Gasteiger partial charge in [0, 0.05) is 4.83 Å². The first-order valence-electron chi connectivity index (χ1n) is 7.19. The minimum atomic E-state index is 0.495. The van der Waals surface area contributed by atoms with E-state index >= 15 is 0 Å². The molecule has 1 aliphatic carbocycles. The number of aryl methyl sites for hydroxylation is 1. The van der Waals surface area contributed by atoms with Gasteiger partial charge in [-0.2, -0.15) is 0 Å². The van der Waals surface area contributed by atoms with Crippen LogP contribution in [0, 0.1) is 18.3 Å². The second-order valence-electron chi connectivity index (χ2n) is 6.49. The first-order valence-corrected chi connectivity index (χ1v) is 8.11. The topological polar surface area (TPSA) is 0 Å². The highest BCUT2D eigenvalue weighted by molar-refractivity contribution is 9.09. The normalized spacial score (nSPS) is 24.8. The summed E-state index contributed by atoms with van der Waals surface area (Å²) in [6.07, 6.45) is 6.75. The Bertz CT molecular complexity index is 394. The Balaban J connectivity index is 2.07. The van der Waals surface area contributed by atoms with Gasteiger partial charge in [-0.1, -0.05) is 66.9 Å². The third kappa shape index (κ3) is 3.17. The third-order valence-corrected chi connectivity index (χ3v) is 5.66. The van der Waals surface area contributed by atoms with Crippen LogP contribution >= 0.6 is 15.9 Å². The van der Waals surface area contributed by atoms with Crippen molar-refractivity contribution in [2.45, 2.75) is 57.7 Å². The predicted octanol–water partition coefficient (Wildman–Crippen LogP) is 5.52. The molecule has 0 aliphatic heterocycles. The van der Waals surface area contributed by atoms with E-state index < -0.39 is 0 Å². The molecule has 0 nitrogen and oxygen atoms in total. The van der Waals surface area contributed by atoms with E-state index in [0.29, 0.717) is 10.2 Å². The summed E-state index contributed by atoms with van der Waals surface area (Å²) >= 11 is 3.99. The maximum absolute atomic E-state index is 3.99. The highest BCUT2D eigenvalue weighted by Crippen LogP contribution is 2.45. The van der Waals surface area contributed by atoms with E-state index in [1.165, 1.54) is 43.2 Å². The number of hydrogen-bond donors (Lipinski definition) is 0. The molecule has 0 radical (unpaired) electrons. The molecule has 2 unspecified atom stereocenters. The zero-order valence-corrected chi connectivity index (χ0v) is 13.5. The van der Waals surface area contributed by atoms with Gasteiger partial charge in [-0.15, -0.1) is 0 Å². The lowest BCUT2D eigenvalue weighted by molar-refractivity contribution is 0.136. The Hall–Kier alpha value is -0.300. The minimum absolute atomic E-state index is 0.495. The molecule has 1 aromatic carbocycles. The first kappa shape index (κ1) is 14.1. The zero-order valence-electron chi connectivity index (χ0n) is 11.9. The van der Waals surface area contributed by atoms with E-state index in [-0.39, 0.29) is 0 Å². The molecule has 0 bridgehead atoms. The molecule has 1 saturated carbocycles. The van der Waals surface area contributed by atoms with Crippen LogP contribution in [-0.2, 0) is 6.42 Å². The Morgan fingerprint density at radius 2 is 2.00 bits per heavy atom. The molecule has 0 heterocycles.